The fourth-order valence-corrected chi connectivity index (χ4v) is 3.86. The van der Waals surface area contributed by atoms with Crippen LogP contribution in [-0.4, -0.2) is 26.8 Å². The Morgan fingerprint density at radius 2 is 2.24 bits per heavy atom. The Kier molecular flexibility index (Phi) is 3.65. The Hall–Kier alpha value is -2.94. The van der Waals surface area contributed by atoms with Gasteiger partial charge in [-0.25, -0.2) is 0 Å². The Labute approximate surface area is 146 Å². The highest BCUT2D eigenvalue weighted by Gasteiger charge is 2.25. The van der Waals surface area contributed by atoms with Crippen molar-refractivity contribution < 1.29 is 9.72 Å². The van der Waals surface area contributed by atoms with Crippen LogP contribution in [0.25, 0.3) is 4.96 Å². The maximum atomic E-state index is 12.0. The average molecular weight is 357 g/mol. The number of nitrogens with zero attached hydrogens (tertiary/aromatic N) is 4. The highest BCUT2D eigenvalue weighted by molar-refractivity contribution is 7.15. The zero-order valence-electron chi connectivity index (χ0n) is 13.4. The number of amides is 1. The van der Waals surface area contributed by atoms with E-state index in [9.17, 15) is 14.9 Å². The second-order valence-corrected chi connectivity index (χ2v) is 6.58. The van der Waals surface area contributed by atoms with Gasteiger partial charge in [-0.3, -0.25) is 4.79 Å². The van der Waals surface area contributed by atoms with Gasteiger partial charge in [0.25, 0.3) is 4.96 Å². The van der Waals surface area contributed by atoms with Gasteiger partial charge in [0.15, 0.2) is 0 Å². The molecule has 0 bridgehead atoms. The monoisotopic (exact) mass is 357 g/mol. The molecule has 0 saturated carbocycles. The van der Waals surface area contributed by atoms with Crippen molar-refractivity contribution in [2.75, 3.05) is 16.8 Å². The van der Waals surface area contributed by atoms with Crippen molar-refractivity contribution in [3.63, 3.8) is 0 Å². The third kappa shape index (κ3) is 2.52. The molecule has 3 aromatic rings. The lowest BCUT2D eigenvalue weighted by atomic mass is 10.0. The van der Waals surface area contributed by atoms with Crippen LogP contribution >= 0.6 is 11.3 Å². The van der Waals surface area contributed by atoms with Gasteiger partial charge in [0, 0.05) is 29.7 Å². The molecule has 1 aliphatic heterocycles. The molecule has 1 N–H and O–H groups in total. The van der Waals surface area contributed by atoms with Crippen molar-refractivity contribution in [2.24, 2.45) is 0 Å². The van der Waals surface area contributed by atoms with Crippen LogP contribution in [0.2, 0.25) is 0 Å². The number of thiazole rings is 1. The summed E-state index contributed by atoms with van der Waals surface area (Å²) in [6.45, 7) is 2.57. The molecule has 0 spiro atoms. The van der Waals surface area contributed by atoms with E-state index in [0.717, 1.165) is 16.9 Å². The summed E-state index contributed by atoms with van der Waals surface area (Å²) in [5.41, 5.74) is 2.68. The number of rotatable bonds is 4. The quantitative estimate of drug-likeness (QED) is 0.571. The molecule has 0 saturated heterocycles. The number of anilines is 3. The van der Waals surface area contributed by atoms with Gasteiger partial charge in [-0.2, -0.15) is 9.38 Å². The third-order valence-electron chi connectivity index (χ3n) is 4.27. The molecular formula is C16H15N5O3S. The summed E-state index contributed by atoms with van der Waals surface area (Å²) in [5.74, 6) is 0.260. The fourth-order valence-electron chi connectivity index (χ4n) is 3.15. The summed E-state index contributed by atoms with van der Waals surface area (Å²) in [7, 11) is 0. The van der Waals surface area contributed by atoms with E-state index in [4.69, 9.17) is 0 Å². The molecule has 8 nitrogen and oxygen atoms in total. The number of aryl methyl sites for hydroxylation is 1. The van der Waals surface area contributed by atoms with Crippen LogP contribution in [0.15, 0.2) is 29.8 Å². The average Bonchev–Trinajstić information content (AvgIpc) is 3.15. The van der Waals surface area contributed by atoms with E-state index in [0.29, 0.717) is 24.3 Å². The molecule has 0 atom stereocenters. The summed E-state index contributed by atoms with van der Waals surface area (Å²) < 4.78 is 1.46. The number of hydrogen-bond donors (Lipinski definition) is 1. The van der Waals surface area contributed by atoms with Crippen LogP contribution in [0.1, 0.15) is 18.9 Å². The first-order chi connectivity index (χ1) is 12.1. The molecule has 4 rings (SSSR count). The van der Waals surface area contributed by atoms with E-state index >= 15 is 0 Å². The second kappa shape index (κ2) is 5.85. The van der Waals surface area contributed by atoms with Crippen molar-refractivity contribution in [3.8, 4) is 0 Å². The number of carbonyl (C=O) groups is 1. The number of hydrogen-bond acceptors (Lipinski definition) is 6. The van der Waals surface area contributed by atoms with Gasteiger partial charge < -0.3 is 20.3 Å². The summed E-state index contributed by atoms with van der Waals surface area (Å²) in [6.07, 6.45) is 2.78. The van der Waals surface area contributed by atoms with E-state index in [-0.39, 0.29) is 17.5 Å². The molecule has 0 fully saturated rings. The molecule has 3 heterocycles. The predicted octanol–water partition coefficient (Wildman–Crippen LogP) is 3.35. The number of nitrogens with one attached hydrogen (secondary N) is 1. The van der Waals surface area contributed by atoms with E-state index in [1.807, 2.05) is 25.1 Å². The highest BCUT2D eigenvalue weighted by atomic mass is 32.1. The minimum atomic E-state index is -0.440. The lowest BCUT2D eigenvalue weighted by Crippen LogP contribution is -2.34. The van der Waals surface area contributed by atoms with Gasteiger partial charge in [-0.05, 0) is 42.0 Å². The summed E-state index contributed by atoms with van der Waals surface area (Å²) in [6, 6.07) is 5.63. The SMILES string of the molecule is CCN1C(=O)CCc2cc(Nc3nc4sccn4c3[N+](=O)[O-])ccc21. The molecule has 1 aromatic carbocycles. The molecule has 128 valence electrons. The Bertz CT molecular complexity index is 993. The van der Waals surface area contributed by atoms with Gasteiger partial charge in [0.05, 0.1) is 0 Å². The fraction of sp³-hybridized carbons (Fsp3) is 0.250. The first kappa shape index (κ1) is 15.6. The van der Waals surface area contributed by atoms with E-state index in [1.54, 1.807) is 16.5 Å². The van der Waals surface area contributed by atoms with Crippen LogP contribution in [-0.2, 0) is 11.2 Å². The number of nitro groups is 1. The van der Waals surface area contributed by atoms with E-state index in [1.165, 1.54) is 15.7 Å². The first-order valence-corrected chi connectivity index (χ1v) is 8.76. The lowest BCUT2D eigenvalue weighted by Gasteiger charge is -2.28. The van der Waals surface area contributed by atoms with Crippen molar-refractivity contribution in [2.45, 2.75) is 19.8 Å². The second-order valence-electron chi connectivity index (χ2n) is 5.70. The zero-order chi connectivity index (χ0) is 17.6. The molecule has 1 aliphatic rings. The highest BCUT2D eigenvalue weighted by Crippen LogP contribution is 2.34. The van der Waals surface area contributed by atoms with Crippen LogP contribution in [0.5, 0.6) is 0 Å². The van der Waals surface area contributed by atoms with Crippen LogP contribution in [0.3, 0.4) is 0 Å². The number of benzene rings is 1. The predicted molar refractivity (Wildman–Crippen MR) is 95.8 cm³/mol. The Balaban J connectivity index is 1.71. The Morgan fingerprint density at radius 3 is 3.00 bits per heavy atom. The van der Waals surface area contributed by atoms with Crippen LogP contribution < -0.4 is 10.2 Å². The van der Waals surface area contributed by atoms with Crippen LogP contribution in [0, 0.1) is 10.1 Å². The van der Waals surface area contributed by atoms with Gasteiger partial charge in [0.1, 0.15) is 6.20 Å². The number of aromatic nitrogens is 2. The largest absolute Gasteiger partial charge is 0.373 e. The van der Waals surface area contributed by atoms with E-state index < -0.39 is 4.92 Å². The van der Waals surface area contributed by atoms with Gasteiger partial charge in [-0.1, -0.05) is 11.3 Å². The summed E-state index contributed by atoms with van der Waals surface area (Å²) in [5, 5.41) is 16.2. The molecule has 25 heavy (non-hydrogen) atoms. The maximum Gasteiger partial charge on any atom is 0.373 e. The van der Waals surface area contributed by atoms with Gasteiger partial charge >= 0.3 is 5.82 Å². The maximum absolute atomic E-state index is 12.0. The standard InChI is InChI=1S/C16H15N5O3S/c1-2-19-12-5-4-11(9-10(12)3-6-13(19)22)17-14-15(21(23)24)20-7-8-25-16(20)18-14/h4-5,7-9,17H,2-3,6H2,1H3. The molecule has 2 aromatic heterocycles. The number of imidazole rings is 1. The van der Waals surface area contributed by atoms with Crippen molar-refractivity contribution in [3.05, 3.63) is 45.5 Å². The Morgan fingerprint density at radius 1 is 1.40 bits per heavy atom. The van der Waals surface area contributed by atoms with Crippen molar-refractivity contribution >= 4 is 45.2 Å². The summed E-state index contributed by atoms with van der Waals surface area (Å²) in [4.78, 5) is 29.6. The normalized spacial score (nSPS) is 14.0. The van der Waals surface area contributed by atoms with Crippen molar-refractivity contribution in [1.82, 2.24) is 9.38 Å². The third-order valence-corrected chi connectivity index (χ3v) is 5.02. The molecule has 0 aliphatic carbocycles. The topological polar surface area (TPSA) is 92.8 Å². The minimum Gasteiger partial charge on any atom is -0.358 e. The van der Waals surface area contributed by atoms with Gasteiger partial charge in [0.2, 0.25) is 11.7 Å². The minimum absolute atomic E-state index is 0.0840. The molecular weight excluding hydrogens is 342 g/mol. The van der Waals surface area contributed by atoms with E-state index in [2.05, 4.69) is 10.3 Å². The van der Waals surface area contributed by atoms with Crippen LogP contribution in [0.4, 0.5) is 23.0 Å². The molecule has 0 radical (unpaired) electrons. The lowest BCUT2D eigenvalue weighted by molar-refractivity contribution is -0.389. The zero-order valence-corrected chi connectivity index (χ0v) is 14.2. The number of carbonyl (C=O) groups excluding carboxylic acids is 1. The number of fused-ring (bicyclic) bond motifs is 2. The summed E-state index contributed by atoms with van der Waals surface area (Å²) >= 11 is 1.34. The molecule has 9 heteroatoms. The van der Waals surface area contributed by atoms with Crippen molar-refractivity contribution in [1.29, 1.82) is 0 Å². The first-order valence-electron chi connectivity index (χ1n) is 7.88. The smallest absolute Gasteiger partial charge is 0.358 e. The molecule has 0 unspecified atom stereocenters. The van der Waals surface area contributed by atoms with Gasteiger partial charge in [-0.15, -0.1) is 0 Å². The molecule has 1 amide bonds.